The predicted octanol–water partition coefficient (Wildman–Crippen LogP) is 3.10. The van der Waals surface area contributed by atoms with Gasteiger partial charge in [0.1, 0.15) is 17.0 Å². The van der Waals surface area contributed by atoms with E-state index in [1.54, 1.807) is 13.3 Å². The lowest BCUT2D eigenvalue weighted by Gasteiger charge is -2.40. The Bertz CT molecular complexity index is 1250. The van der Waals surface area contributed by atoms with Crippen molar-refractivity contribution >= 4 is 35.0 Å². The second kappa shape index (κ2) is 10.3. The summed E-state index contributed by atoms with van der Waals surface area (Å²) < 4.78 is 5.75. The molecule has 1 aromatic carbocycles. The fourth-order valence-corrected chi connectivity index (χ4v) is 6.66. The first kappa shape index (κ1) is 25.9. The Hall–Kier alpha value is -3.40. The number of aromatic nitrogens is 2. The summed E-state index contributed by atoms with van der Waals surface area (Å²) in [4.78, 5) is 42.9. The molecule has 1 spiro atoms. The molecule has 1 atom stereocenters. The highest BCUT2D eigenvalue weighted by Crippen LogP contribution is 2.44. The lowest BCUT2D eigenvalue weighted by atomic mass is 9.76. The number of carbonyl (C=O) groups excluding carboxylic acids is 2. The van der Waals surface area contributed by atoms with Gasteiger partial charge in [-0.05, 0) is 45.2 Å². The zero-order chi connectivity index (χ0) is 27.1. The topological polar surface area (TPSA) is 103 Å². The SMILES string of the molecule is COc1cc(N2CCN(C(C)C)CC2)ccc1Nc1ncc2c(n1)N(C1CCCC1)C(=O)[C@]1(CCNC1=O)C2. The number of piperazine rings is 1. The van der Waals surface area contributed by atoms with Crippen molar-refractivity contribution < 1.29 is 14.3 Å². The molecule has 1 saturated carbocycles. The average Bonchev–Trinajstić information content (AvgIpc) is 3.60. The first-order chi connectivity index (χ1) is 18.9. The van der Waals surface area contributed by atoms with Gasteiger partial charge in [-0.2, -0.15) is 4.98 Å². The van der Waals surface area contributed by atoms with Crippen molar-refractivity contribution in [1.29, 1.82) is 0 Å². The molecule has 2 N–H and O–H groups in total. The van der Waals surface area contributed by atoms with E-state index in [0.29, 0.717) is 42.9 Å². The van der Waals surface area contributed by atoms with E-state index in [1.165, 1.54) is 0 Å². The highest BCUT2D eigenvalue weighted by molar-refractivity contribution is 6.14. The zero-order valence-corrected chi connectivity index (χ0v) is 23.2. The van der Waals surface area contributed by atoms with E-state index < -0.39 is 5.41 Å². The molecule has 0 unspecified atom stereocenters. The van der Waals surface area contributed by atoms with Crippen molar-refractivity contribution in [2.75, 3.05) is 55.0 Å². The molecular formula is C29H39N7O3. The number of fused-ring (bicyclic) bond motifs is 1. The van der Waals surface area contributed by atoms with Crippen LogP contribution >= 0.6 is 0 Å². The molecule has 10 nitrogen and oxygen atoms in total. The molecule has 1 aromatic heterocycles. The van der Waals surface area contributed by atoms with E-state index in [1.807, 2.05) is 11.0 Å². The van der Waals surface area contributed by atoms with Gasteiger partial charge >= 0.3 is 0 Å². The van der Waals surface area contributed by atoms with Gasteiger partial charge in [0.15, 0.2) is 0 Å². The number of methoxy groups -OCH3 is 1. The van der Waals surface area contributed by atoms with E-state index in [2.05, 4.69) is 51.4 Å². The van der Waals surface area contributed by atoms with Crippen LogP contribution in [0.1, 0.15) is 51.5 Å². The normalized spacial score (nSPS) is 24.0. The second-order valence-corrected chi connectivity index (χ2v) is 11.5. The zero-order valence-electron chi connectivity index (χ0n) is 23.2. The van der Waals surface area contributed by atoms with Gasteiger partial charge in [-0.25, -0.2) is 4.98 Å². The third kappa shape index (κ3) is 4.58. The summed E-state index contributed by atoms with van der Waals surface area (Å²) >= 11 is 0. The van der Waals surface area contributed by atoms with Crippen molar-refractivity contribution in [1.82, 2.24) is 20.2 Å². The summed E-state index contributed by atoms with van der Waals surface area (Å²) in [6.07, 6.45) is 6.65. The van der Waals surface area contributed by atoms with Crippen LogP contribution in [0.15, 0.2) is 24.4 Å². The lowest BCUT2D eigenvalue weighted by molar-refractivity contribution is -0.140. The molecule has 6 rings (SSSR count). The van der Waals surface area contributed by atoms with Crippen LogP contribution in [-0.4, -0.2) is 78.6 Å². The molecule has 2 saturated heterocycles. The molecular weight excluding hydrogens is 494 g/mol. The summed E-state index contributed by atoms with van der Waals surface area (Å²) in [5.41, 5.74) is 1.72. The summed E-state index contributed by atoms with van der Waals surface area (Å²) in [7, 11) is 1.67. The maximum Gasteiger partial charge on any atom is 0.244 e. The Kier molecular flexibility index (Phi) is 6.82. The number of benzene rings is 1. The number of hydrogen-bond donors (Lipinski definition) is 2. The first-order valence-electron chi connectivity index (χ1n) is 14.3. The maximum absolute atomic E-state index is 13.9. The van der Waals surface area contributed by atoms with Crippen molar-refractivity contribution in [3.63, 3.8) is 0 Å². The maximum atomic E-state index is 13.9. The van der Waals surface area contributed by atoms with Gasteiger partial charge in [-0.1, -0.05) is 12.8 Å². The number of rotatable bonds is 6. The quantitative estimate of drug-likeness (QED) is 0.546. The number of carbonyl (C=O) groups is 2. The van der Waals surface area contributed by atoms with E-state index in [4.69, 9.17) is 9.72 Å². The molecule has 10 heteroatoms. The minimum absolute atomic E-state index is 0.0644. The number of nitrogens with one attached hydrogen (secondary N) is 2. The van der Waals surface area contributed by atoms with E-state index in [0.717, 1.165) is 68.8 Å². The molecule has 4 aliphatic rings. The van der Waals surface area contributed by atoms with Gasteiger partial charge in [-0.15, -0.1) is 0 Å². The molecule has 4 heterocycles. The largest absolute Gasteiger partial charge is 0.494 e. The summed E-state index contributed by atoms with van der Waals surface area (Å²) in [6.45, 7) is 9.06. The molecule has 0 bridgehead atoms. The Labute approximate surface area is 230 Å². The van der Waals surface area contributed by atoms with Crippen LogP contribution in [0.5, 0.6) is 5.75 Å². The van der Waals surface area contributed by atoms with Gasteiger partial charge < -0.3 is 20.3 Å². The predicted molar refractivity (Wildman–Crippen MR) is 151 cm³/mol. The highest BCUT2D eigenvalue weighted by Gasteiger charge is 2.56. The standard InChI is InChI=1S/C29H39N7O3/c1-19(2)34-12-14-35(15-13-34)22-8-9-23(24(16-22)39-3)32-28-31-18-20-17-29(10-11-30-26(29)37)27(38)36(25(20)33-28)21-6-4-5-7-21/h8-9,16,18-19,21H,4-7,10-15,17H2,1-3H3,(H,30,37)(H,31,32,33)/t29-/m1/s1. The van der Waals surface area contributed by atoms with Gasteiger partial charge in [0, 0.05) is 74.7 Å². The van der Waals surface area contributed by atoms with E-state index in [9.17, 15) is 9.59 Å². The fraction of sp³-hybridized carbons (Fsp3) is 0.586. The number of nitrogens with zero attached hydrogens (tertiary/aromatic N) is 5. The average molecular weight is 534 g/mol. The lowest BCUT2D eigenvalue weighted by Crippen LogP contribution is -2.56. The Balaban J connectivity index is 1.26. The number of hydrogen-bond acceptors (Lipinski definition) is 8. The summed E-state index contributed by atoms with van der Waals surface area (Å²) in [5, 5.41) is 6.22. The smallest absolute Gasteiger partial charge is 0.244 e. The summed E-state index contributed by atoms with van der Waals surface area (Å²) in [6, 6.07) is 6.79. The van der Waals surface area contributed by atoms with Crippen molar-refractivity contribution in [2.24, 2.45) is 5.41 Å². The van der Waals surface area contributed by atoms with E-state index in [-0.39, 0.29) is 17.9 Å². The number of anilines is 4. The Morgan fingerprint density at radius 1 is 1.13 bits per heavy atom. The fourth-order valence-electron chi connectivity index (χ4n) is 6.66. The number of amides is 2. The molecule has 2 amide bonds. The Morgan fingerprint density at radius 2 is 1.90 bits per heavy atom. The van der Waals surface area contributed by atoms with Crippen molar-refractivity contribution in [3.8, 4) is 5.75 Å². The molecule has 2 aromatic rings. The highest BCUT2D eigenvalue weighted by atomic mass is 16.5. The molecule has 0 radical (unpaired) electrons. The van der Waals surface area contributed by atoms with Crippen molar-refractivity contribution in [2.45, 2.75) is 64.5 Å². The minimum atomic E-state index is -1.03. The van der Waals surface area contributed by atoms with Crippen LogP contribution in [0.3, 0.4) is 0 Å². The molecule has 208 valence electrons. The van der Waals surface area contributed by atoms with Crippen LogP contribution in [0.4, 0.5) is 23.1 Å². The van der Waals surface area contributed by atoms with E-state index >= 15 is 0 Å². The third-order valence-corrected chi connectivity index (χ3v) is 8.99. The van der Waals surface area contributed by atoms with Gasteiger partial charge in [-0.3, -0.25) is 19.4 Å². The van der Waals surface area contributed by atoms with Gasteiger partial charge in [0.25, 0.3) is 0 Å². The van der Waals surface area contributed by atoms with Crippen molar-refractivity contribution in [3.05, 3.63) is 30.0 Å². The summed E-state index contributed by atoms with van der Waals surface area (Å²) in [5.74, 6) is 1.48. The second-order valence-electron chi connectivity index (χ2n) is 11.5. The molecule has 1 aliphatic carbocycles. The molecule has 39 heavy (non-hydrogen) atoms. The first-order valence-corrected chi connectivity index (χ1v) is 14.3. The van der Waals surface area contributed by atoms with Crippen LogP contribution < -0.4 is 25.2 Å². The Morgan fingerprint density at radius 3 is 2.56 bits per heavy atom. The van der Waals surface area contributed by atoms with Gasteiger partial charge in [0.05, 0.1) is 12.8 Å². The van der Waals surface area contributed by atoms with Gasteiger partial charge in [0.2, 0.25) is 17.8 Å². The monoisotopic (exact) mass is 533 g/mol. The third-order valence-electron chi connectivity index (χ3n) is 8.99. The number of ether oxygens (including phenoxy) is 1. The molecule has 3 aliphatic heterocycles. The minimum Gasteiger partial charge on any atom is -0.494 e. The molecule has 3 fully saturated rings. The van der Waals surface area contributed by atoms with Crippen LogP contribution in [0.25, 0.3) is 0 Å². The van der Waals surface area contributed by atoms with Crippen LogP contribution in [0, 0.1) is 5.41 Å². The van der Waals surface area contributed by atoms with Crippen LogP contribution in [0.2, 0.25) is 0 Å². The van der Waals surface area contributed by atoms with Crippen LogP contribution in [-0.2, 0) is 16.0 Å².